The van der Waals surface area contributed by atoms with Crippen LogP contribution in [0.4, 0.5) is 13.6 Å². The molecule has 0 aliphatic rings. The van der Waals surface area contributed by atoms with Crippen LogP contribution in [0, 0.1) is 11.6 Å². The summed E-state index contributed by atoms with van der Waals surface area (Å²) in [6.45, 7) is -0.109. The van der Waals surface area contributed by atoms with E-state index >= 15 is 0 Å². The Morgan fingerprint density at radius 1 is 1.29 bits per heavy atom. The number of nitrogens with one attached hydrogen (secondary N) is 2. The van der Waals surface area contributed by atoms with Gasteiger partial charge in [0.15, 0.2) is 0 Å². The number of urea groups is 1. The van der Waals surface area contributed by atoms with E-state index in [2.05, 4.69) is 26.0 Å². The maximum Gasteiger partial charge on any atom is 0.316 e. The van der Waals surface area contributed by atoms with Gasteiger partial charge in [0.2, 0.25) is 10.0 Å². The van der Waals surface area contributed by atoms with Gasteiger partial charge in [-0.15, -0.1) is 0 Å². The number of halogens is 3. The summed E-state index contributed by atoms with van der Waals surface area (Å²) in [6.07, 6.45) is 0. The largest absolute Gasteiger partial charge is 0.337 e. The summed E-state index contributed by atoms with van der Waals surface area (Å²) >= 11 is 2.81. The lowest BCUT2D eigenvalue weighted by Crippen LogP contribution is -2.39. The van der Waals surface area contributed by atoms with Crippen LogP contribution in [0.25, 0.3) is 0 Å². The van der Waals surface area contributed by atoms with Gasteiger partial charge in [0.1, 0.15) is 16.5 Å². The van der Waals surface area contributed by atoms with Crippen LogP contribution < -0.4 is 10.0 Å². The van der Waals surface area contributed by atoms with E-state index in [0.717, 1.165) is 6.07 Å². The van der Waals surface area contributed by atoms with Crippen molar-refractivity contribution in [2.24, 2.45) is 0 Å². The SMILES string of the molecule is CN(C)C(=O)NCCNS(=O)(=O)c1c(F)cc(F)cc1Br. The molecule has 0 spiro atoms. The van der Waals surface area contributed by atoms with Crippen molar-refractivity contribution in [3.05, 3.63) is 28.2 Å². The maximum atomic E-state index is 13.6. The van der Waals surface area contributed by atoms with Gasteiger partial charge in [-0.25, -0.2) is 26.7 Å². The van der Waals surface area contributed by atoms with Crippen LogP contribution in [0.15, 0.2) is 21.5 Å². The first kappa shape index (κ1) is 17.8. The Labute approximate surface area is 129 Å². The Balaban J connectivity index is 2.73. The lowest BCUT2D eigenvalue weighted by molar-refractivity contribution is 0.217. The smallest absolute Gasteiger partial charge is 0.316 e. The molecule has 1 aromatic carbocycles. The zero-order chi connectivity index (χ0) is 16.2. The zero-order valence-corrected chi connectivity index (χ0v) is 13.7. The van der Waals surface area contributed by atoms with Crippen molar-refractivity contribution in [3.63, 3.8) is 0 Å². The monoisotopic (exact) mass is 385 g/mol. The van der Waals surface area contributed by atoms with Crippen LogP contribution in [0.5, 0.6) is 0 Å². The van der Waals surface area contributed by atoms with Crippen molar-refractivity contribution in [2.75, 3.05) is 27.2 Å². The van der Waals surface area contributed by atoms with Crippen LogP contribution in [0.3, 0.4) is 0 Å². The predicted molar refractivity (Wildman–Crippen MR) is 76.3 cm³/mol. The minimum atomic E-state index is -4.16. The Morgan fingerprint density at radius 3 is 2.43 bits per heavy atom. The van der Waals surface area contributed by atoms with E-state index in [1.807, 2.05) is 0 Å². The normalized spacial score (nSPS) is 11.3. The molecule has 6 nitrogen and oxygen atoms in total. The minimum absolute atomic E-state index is 0.0245. The number of hydrogen-bond donors (Lipinski definition) is 2. The van der Waals surface area contributed by atoms with E-state index in [-0.39, 0.29) is 23.6 Å². The highest BCUT2D eigenvalue weighted by atomic mass is 79.9. The summed E-state index contributed by atoms with van der Waals surface area (Å²) in [6, 6.07) is 0.946. The van der Waals surface area contributed by atoms with Gasteiger partial charge in [-0.05, 0) is 22.0 Å². The number of rotatable bonds is 5. The first-order chi connectivity index (χ1) is 9.65. The molecule has 0 fully saturated rings. The maximum absolute atomic E-state index is 13.6. The van der Waals surface area contributed by atoms with Crippen LogP contribution in [0.2, 0.25) is 0 Å². The van der Waals surface area contributed by atoms with Crippen molar-refractivity contribution in [2.45, 2.75) is 4.90 Å². The van der Waals surface area contributed by atoms with Gasteiger partial charge in [-0.2, -0.15) is 0 Å². The molecule has 0 atom stereocenters. The molecular weight excluding hydrogens is 372 g/mol. The summed E-state index contributed by atoms with van der Waals surface area (Å²) in [5.41, 5.74) is 0. The molecule has 0 aliphatic carbocycles. The summed E-state index contributed by atoms with van der Waals surface area (Å²) < 4.78 is 52.3. The molecule has 0 aromatic heterocycles. The molecule has 0 radical (unpaired) electrons. The minimum Gasteiger partial charge on any atom is -0.337 e. The molecule has 1 aromatic rings. The molecule has 118 valence electrons. The topological polar surface area (TPSA) is 78.5 Å². The van der Waals surface area contributed by atoms with Crippen LogP contribution in [0.1, 0.15) is 0 Å². The number of carbonyl (C=O) groups excluding carboxylic acids is 1. The van der Waals surface area contributed by atoms with Crippen LogP contribution in [-0.4, -0.2) is 46.5 Å². The van der Waals surface area contributed by atoms with E-state index in [1.165, 1.54) is 19.0 Å². The average molecular weight is 386 g/mol. The second-order valence-corrected chi connectivity index (χ2v) is 6.78. The van der Waals surface area contributed by atoms with Crippen molar-refractivity contribution in [1.82, 2.24) is 14.9 Å². The summed E-state index contributed by atoms with van der Waals surface area (Å²) in [4.78, 5) is 11.8. The molecule has 2 N–H and O–H groups in total. The highest BCUT2D eigenvalue weighted by Crippen LogP contribution is 2.25. The molecule has 0 saturated heterocycles. The summed E-state index contributed by atoms with van der Waals surface area (Å²) in [5.74, 6) is -2.09. The molecule has 21 heavy (non-hydrogen) atoms. The van der Waals surface area contributed by atoms with Gasteiger partial charge in [-0.1, -0.05) is 0 Å². The van der Waals surface area contributed by atoms with Gasteiger partial charge in [0.05, 0.1) is 0 Å². The number of carbonyl (C=O) groups is 1. The number of benzene rings is 1. The number of sulfonamides is 1. The van der Waals surface area contributed by atoms with Crippen LogP contribution in [-0.2, 0) is 10.0 Å². The fraction of sp³-hybridized carbons (Fsp3) is 0.364. The van der Waals surface area contributed by atoms with Crippen molar-refractivity contribution >= 4 is 32.0 Å². The standard InChI is InChI=1S/C11H14BrF2N3O3S/c1-17(2)11(18)15-3-4-16-21(19,20)10-8(12)5-7(13)6-9(10)14/h5-6,16H,3-4H2,1-2H3,(H,15,18). The molecule has 10 heteroatoms. The Hall–Kier alpha value is -1.26. The predicted octanol–water partition coefficient (Wildman–Crippen LogP) is 1.28. The van der Waals surface area contributed by atoms with E-state index in [0.29, 0.717) is 6.07 Å². The Bertz CT molecular complexity index is 615. The second-order valence-electron chi connectivity index (χ2n) is 4.22. The molecule has 0 bridgehead atoms. The first-order valence-corrected chi connectivity index (χ1v) is 8.02. The summed E-state index contributed by atoms with van der Waals surface area (Å²) in [7, 11) is -1.10. The molecule has 2 amide bonds. The van der Waals surface area contributed by atoms with E-state index < -0.39 is 26.6 Å². The highest BCUT2D eigenvalue weighted by molar-refractivity contribution is 9.10. The number of amides is 2. The second kappa shape index (κ2) is 7.14. The van der Waals surface area contributed by atoms with Crippen LogP contribution >= 0.6 is 15.9 Å². The van der Waals surface area contributed by atoms with Gasteiger partial charge < -0.3 is 10.2 Å². The fourth-order valence-electron chi connectivity index (χ4n) is 1.37. The lowest BCUT2D eigenvalue weighted by atomic mass is 10.3. The Kier molecular flexibility index (Phi) is 6.05. The van der Waals surface area contributed by atoms with E-state index in [9.17, 15) is 22.0 Å². The highest BCUT2D eigenvalue weighted by Gasteiger charge is 2.23. The molecule has 1 rings (SSSR count). The lowest BCUT2D eigenvalue weighted by Gasteiger charge is -2.13. The number of nitrogens with zero attached hydrogens (tertiary/aromatic N) is 1. The third-order valence-electron chi connectivity index (χ3n) is 2.33. The number of hydrogen-bond acceptors (Lipinski definition) is 3. The molecule has 0 saturated carbocycles. The van der Waals surface area contributed by atoms with E-state index in [4.69, 9.17) is 0 Å². The van der Waals surface area contributed by atoms with Gasteiger partial charge >= 0.3 is 6.03 Å². The third kappa shape index (κ3) is 4.90. The quantitative estimate of drug-likeness (QED) is 0.749. The first-order valence-electron chi connectivity index (χ1n) is 5.74. The van der Waals surface area contributed by atoms with Crippen molar-refractivity contribution in [1.29, 1.82) is 0 Å². The molecular formula is C11H14BrF2N3O3S. The van der Waals surface area contributed by atoms with Gasteiger partial charge in [-0.3, -0.25) is 0 Å². The Morgan fingerprint density at radius 2 is 1.90 bits per heavy atom. The average Bonchev–Trinajstić information content (AvgIpc) is 2.32. The van der Waals surface area contributed by atoms with E-state index in [1.54, 1.807) is 0 Å². The summed E-state index contributed by atoms with van der Waals surface area (Å²) in [5, 5.41) is 2.44. The fourth-order valence-corrected chi connectivity index (χ4v) is 3.56. The van der Waals surface area contributed by atoms with Gasteiger partial charge in [0, 0.05) is 37.7 Å². The van der Waals surface area contributed by atoms with Crippen molar-refractivity contribution < 1.29 is 22.0 Å². The molecule has 0 heterocycles. The van der Waals surface area contributed by atoms with Gasteiger partial charge in [0.25, 0.3) is 0 Å². The van der Waals surface area contributed by atoms with Crippen molar-refractivity contribution in [3.8, 4) is 0 Å². The third-order valence-corrected chi connectivity index (χ3v) is 4.76. The molecule has 0 unspecified atom stereocenters. The molecule has 0 aliphatic heterocycles. The zero-order valence-electron chi connectivity index (χ0n) is 11.3.